The summed E-state index contributed by atoms with van der Waals surface area (Å²) in [6.07, 6.45) is 2.69. The number of hydrogen-bond acceptors (Lipinski definition) is 5. The fraction of sp³-hybridized carbons (Fsp3) is 0.588. The smallest absolute Gasteiger partial charge is 0.186 e. The number of aromatic nitrogens is 1. The summed E-state index contributed by atoms with van der Waals surface area (Å²) in [5.41, 5.74) is 1.14. The van der Waals surface area contributed by atoms with Gasteiger partial charge in [0.25, 0.3) is 0 Å². The highest BCUT2D eigenvalue weighted by Crippen LogP contribution is 2.29. The molecule has 2 saturated heterocycles. The Balaban J connectivity index is 0.00000156. The van der Waals surface area contributed by atoms with Gasteiger partial charge in [0.05, 0.1) is 10.2 Å². The molecule has 2 aliphatic rings. The summed E-state index contributed by atoms with van der Waals surface area (Å²) in [5.74, 6) is 0.898. The summed E-state index contributed by atoms with van der Waals surface area (Å²) < 4.78 is 1.30. The number of piperidine rings is 1. The van der Waals surface area contributed by atoms with Crippen LogP contribution < -0.4 is 10.2 Å². The lowest BCUT2D eigenvalue weighted by Gasteiger charge is -2.37. The fourth-order valence-corrected chi connectivity index (χ4v) is 4.56. The number of rotatable bonds is 3. The van der Waals surface area contributed by atoms with E-state index in [1.807, 2.05) is 11.3 Å². The predicted octanol–water partition coefficient (Wildman–Crippen LogP) is 2.84. The van der Waals surface area contributed by atoms with Crippen molar-refractivity contribution >= 4 is 39.1 Å². The van der Waals surface area contributed by atoms with Crippen LogP contribution >= 0.6 is 23.7 Å². The van der Waals surface area contributed by atoms with Gasteiger partial charge in [-0.15, -0.1) is 12.4 Å². The molecule has 2 fully saturated rings. The molecule has 126 valence electrons. The Morgan fingerprint density at radius 1 is 1.09 bits per heavy atom. The summed E-state index contributed by atoms with van der Waals surface area (Å²) in [4.78, 5) is 9.91. The van der Waals surface area contributed by atoms with Crippen molar-refractivity contribution in [2.24, 2.45) is 5.92 Å². The minimum absolute atomic E-state index is 0. The number of thiazole rings is 1. The monoisotopic (exact) mass is 352 g/mol. The fourth-order valence-electron chi connectivity index (χ4n) is 3.55. The Bertz CT molecular complexity index is 585. The molecule has 23 heavy (non-hydrogen) atoms. The quantitative estimate of drug-likeness (QED) is 0.920. The molecular weight excluding hydrogens is 328 g/mol. The van der Waals surface area contributed by atoms with E-state index in [1.54, 1.807) is 0 Å². The van der Waals surface area contributed by atoms with E-state index in [0.717, 1.165) is 24.5 Å². The molecule has 1 aromatic heterocycles. The van der Waals surface area contributed by atoms with Crippen molar-refractivity contribution in [2.45, 2.75) is 12.8 Å². The first-order chi connectivity index (χ1) is 10.9. The van der Waals surface area contributed by atoms with Crippen LogP contribution in [0.5, 0.6) is 0 Å². The van der Waals surface area contributed by atoms with Gasteiger partial charge in [-0.1, -0.05) is 23.5 Å². The van der Waals surface area contributed by atoms with Crippen molar-refractivity contribution in [1.29, 1.82) is 0 Å². The molecule has 0 spiro atoms. The minimum atomic E-state index is 0. The normalized spacial score (nSPS) is 20.6. The second kappa shape index (κ2) is 7.79. The topological polar surface area (TPSA) is 31.4 Å². The molecule has 0 aliphatic carbocycles. The number of benzene rings is 1. The van der Waals surface area contributed by atoms with Crippen molar-refractivity contribution < 1.29 is 0 Å². The maximum atomic E-state index is 4.79. The highest BCUT2D eigenvalue weighted by molar-refractivity contribution is 7.22. The van der Waals surface area contributed by atoms with Crippen LogP contribution in [-0.2, 0) is 0 Å². The zero-order valence-electron chi connectivity index (χ0n) is 13.4. The Morgan fingerprint density at radius 2 is 1.83 bits per heavy atom. The molecule has 6 heteroatoms. The third-order valence-corrected chi connectivity index (χ3v) is 6.00. The largest absolute Gasteiger partial charge is 0.345 e. The van der Waals surface area contributed by atoms with E-state index in [4.69, 9.17) is 4.98 Å². The van der Waals surface area contributed by atoms with Crippen LogP contribution in [0.25, 0.3) is 10.2 Å². The van der Waals surface area contributed by atoms with E-state index in [1.165, 1.54) is 55.4 Å². The van der Waals surface area contributed by atoms with E-state index >= 15 is 0 Å². The van der Waals surface area contributed by atoms with E-state index in [9.17, 15) is 0 Å². The van der Waals surface area contributed by atoms with Gasteiger partial charge in [-0.25, -0.2) is 4.98 Å². The number of halogens is 1. The third kappa shape index (κ3) is 3.97. The third-order valence-electron chi connectivity index (χ3n) is 4.90. The molecule has 0 bridgehead atoms. The van der Waals surface area contributed by atoms with Gasteiger partial charge in [0, 0.05) is 32.7 Å². The van der Waals surface area contributed by atoms with Gasteiger partial charge in [-0.05, 0) is 44.0 Å². The molecule has 4 nitrogen and oxygen atoms in total. The molecule has 2 aliphatic heterocycles. The molecule has 0 radical (unpaired) electrons. The van der Waals surface area contributed by atoms with Gasteiger partial charge in [0.1, 0.15) is 0 Å². The molecule has 2 aromatic rings. The van der Waals surface area contributed by atoms with Crippen LogP contribution in [0.3, 0.4) is 0 Å². The van der Waals surface area contributed by atoms with Crippen LogP contribution in [0.2, 0.25) is 0 Å². The number of hydrogen-bond donors (Lipinski definition) is 1. The van der Waals surface area contributed by atoms with Crippen molar-refractivity contribution in [1.82, 2.24) is 15.2 Å². The minimum Gasteiger partial charge on any atom is -0.345 e. The van der Waals surface area contributed by atoms with E-state index in [0.29, 0.717) is 0 Å². The Kier molecular flexibility index (Phi) is 5.75. The van der Waals surface area contributed by atoms with Crippen LogP contribution in [-0.4, -0.2) is 55.7 Å². The van der Waals surface area contributed by atoms with Gasteiger partial charge >= 0.3 is 0 Å². The summed E-state index contributed by atoms with van der Waals surface area (Å²) in [6.45, 7) is 8.29. The van der Waals surface area contributed by atoms with E-state index in [2.05, 4.69) is 39.4 Å². The van der Waals surface area contributed by atoms with Crippen LogP contribution in [0.1, 0.15) is 12.8 Å². The summed E-state index contributed by atoms with van der Waals surface area (Å²) >= 11 is 1.83. The molecule has 0 amide bonds. The first kappa shape index (κ1) is 17.0. The number of anilines is 1. The summed E-state index contributed by atoms with van der Waals surface area (Å²) in [7, 11) is 0. The highest BCUT2D eigenvalue weighted by atomic mass is 35.5. The van der Waals surface area contributed by atoms with Crippen molar-refractivity contribution in [2.75, 3.05) is 50.7 Å². The number of fused-ring (bicyclic) bond motifs is 1. The van der Waals surface area contributed by atoms with E-state index < -0.39 is 0 Å². The maximum absolute atomic E-state index is 4.79. The molecular formula is C17H25ClN4S. The average Bonchev–Trinajstić information content (AvgIpc) is 3.00. The Morgan fingerprint density at radius 3 is 2.57 bits per heavy atom. The molecule has 4 rings (SSSR count). The van der Waals surface area contributed by atoms with E-state index in [-0.39, 0.29) is 12.4 Å². The van der Waals surface area contributed by atoms with Crippen molar-refractivity contribution in [3.05, 3.63) is 24.3 Å². The van der Waals surface area contributed by atoms with Crippen LogP contribution in [0.15, 0.2) is 24.3 Å². The van der Waals surface area contributed by atoms with Crippen molar-refractivity contribution in [3.8, 4) is 0 Å². The number of piperazine rings is 1. The number of nitrogens with one attached hydrogen (secondary N) is 1. The Hall–Kier alpha value is -0.880. The van der Waals surface area contributed by atoms with Gasteiger partial charge in [0.2, 0.25) is 0 Å². The van der Waals surface area contributed by atoms with Crippen LogP contribution in [0, 0.1) is 5.92 Å². The molecule has 0 unspecified atom stereocenters. The number of para-hydroxylation sites is 1. The van der Waals surface area contributed by atoms with Crippen molar-refractivity contribution in [3.63, 3.8) is 0 Å². The van der Waals surface area contributed by atoms with Crippen LogP contribution in [0.4, 0.5) is 5.13 Å². The molecule has 0 atom stereocenters. The lowest BCUT2D eigenvalue weighted by Crippen LogP contribution is -2.48. The second-order valence-corrected chi connectivity index (χ2v) is 7.45. The number of nitrogens with zero attached hydrogens (tertiary/aromatic N) is 3. The predicted molar refractivity (Wildman–Crippen MR) is 101 cm³/mol. The standard InChI is InChI=1S/C17H24N4S.ClH/c1-2-4-16-15(3-1)19-17(22-16)21-11-9-20(10-12-21)13-14-5-7-18-8-6-14;/h1-4,14,18H,5-13H2;1H. The zero-order valence-corrected chi connectivity index (χ0v) is 15.0. The molecule has 0 saturated carbocycles. The lowest BCUT2D eigenvalue weighted by atomic mass is 9.97. The van der Waals surface area contributed by atoms with Gasteiger partial charge < -0.3 is 10.2 Å². The molecule has 1 N–H and O–H groups in total. The molecule has 1 aromatic carbocycles. The average molecular weight is 353 g/mol. The summed E-state index contributed by atoms with van der Waals surface area (Å²) in [6, 6.07) is 8.45. The first-order valence-corrected chi connectivity index (χ1v) is 9.24. The Labute approximate surface area is 148 Å². The first-order valence-electron chi connectivity index (χ1n) is 8.42. The lowest BCUT2D eigenvalue weighted by molar-refractivity contribution is 0.196. The summed E-state index contributed by atoms with van der Waals surface area (Å²) in [5, 5.41) is 4.66. The SMILES string of the molecule is Cl.c1ccc2sc(N3CCN(CC4CCNCC4)CC3)nc2c1. The van der Waals surface area contributed by atoms with Gasteiger partial charge in [-0.2, -0.15) is 0 Å². The van der Waals surface area contributed by atoms with Gasteiger partial charge in [0.15, 0.2) is 5.13 Å². The zero-order chi connectivity index (χ0) is 14.8. The maximum Gasteiger partial charge on any atom is 0.186 e. The molecule has 3 heterocycles. The second-order valence-electron chi connectivity index (χ2n) is 6.45. The van der Waals surface area contributed by atoms with Gasteiger partial charge in [-0.3, -0.25) is 4.90 Å². The highest BCUT2D eigenvalue weighted by Gasteiger charge is 2.22.